The second kappa shape index (κ2) is 8.21. The standard InChI is InChI=1S/C16H21F2NO6/c1-16(2,3)25-15(24)19-7-6-10(20)13(21)8-4-5-9(17)11(12(8)18)14(22)23/h4-5,10,13,20-21H,6-7H2,1-3H3,(H,19,24)(H,22,23). The van der Waals surface area contributed by atoms with Gasteiger partial charge in [0.05, 0.1) is 6.10 Å². The molecule has 1 aromatic carbocycles. The van der Waals surface area contributed by atoms with Crippen LogP contribution >= 0.6 is 0 Å². The molecule has 2 unspecified atom stereocenters. The lowest BCUT2D eigenvalue weighted by atomic mass is 9.99. The molecule has 0 radical (unpaired) electrons. The van der Waals surface area contributed by atoms with Crippen molar-refractivity contribution in [3.05, 3.63) is 34.9 Å². The highest BCUT2D eigenvalue weighted by atomic mass is 19.1. The van der Waals surface area contributed by atoms with Crippen LogP contribution in [0.5, 0.6) is 0 Å². The van der Waals surface area contributed by atoms with Crippen molar-refractivity contribution >= 4 is 12.1 Å². The number of carbonyl (C=O) groups excluding carboxylic acids is 1. The van der Waals surface area contributed by atoms with Crippen LogP contribution < -0.4 is 5.32 Å². The van der Waals surface area contributed by atoms with Gasteiger partial charge in [-0.1, -0.05) is 6.07 Å². The van der Waals surface area contributed by atoms with Crippen molar-refractivity contribution in [1.82, 2.24) is 5.32 Å². The number of benzene rings is 1. The third-order valence-electron chi connectivity index (χ3n) is 3.13. The zero-order chi connectivity index (χ0) is 19.4. The van der Waals surface area contributed by atoms with E-state index < -0.39 is 52.6 Å². The van der Waals surface area contributed by atoms with Crippen molar-refractivity contribution in [3.63, 3.8) is 0 Å². The topological polar surface area (TPSA) is 116 Å². The van der Waals surface area contributed by atoms with Gasteiger partial charge in [0.15, 0.2) is 0 Å². The summed E-state index contributed by atoms with van der Waals surface area (Å²) < 4.78 is 32.4. The number of aromatic carboxylic acids is 1. The first kappa shape index (κ1) is 20.8. The van der Waals surface area contributed by atoms with E-state index in [-0.39, 0.29) is 13.0 Å². The molecule has 0 fully saturated rings. The van der Waals surface area contributed by atoms with Crippen LogP contribution in [0.1, 0.15) is 49.2 Å². The molecule has 0 saturated heterocycles. The number of aliphatic hydroxyl groups is 2. The predicted molar refractivity (Wildman–Crippen MR) is 83.1 cm³/mol. The largest absolute Gasteiger partial charge is 0.477 e. The fourth-order valence-electron chi connectivity index (χ4n) is 1.99. The van der Waals surface area contributed by atoms with Crippen molar-refractivity contribution in [2.45, 2.75) is 45.0 Å². The number of hydrogen-bond donors (Lipinski definition) is 4. The van der Waals surface area contributed by atoms with E-state index in [9.17, 15) is 28.6 Å². The van der Waals surface area contributed by atoms with E-state index in [2.05, 4.69) is 5.32 Å². The lowest BCUT2D eigenvalue weighted by molar-refractivity contribution is 0.0101. The number of alkyl carbamates (subject to hydrolysis) is 1. The van der Waals surface area contributed by atoms with Crippen LogP contribution in [0, 0.1) is 11.6 Å². The zero-order valence-electron chi connectivity index (χ0n) is 14.0. The molecule has 25 heavy (non-hydrogen) atoms. The van der Waals surface area contributed by atoms with Gasteiger partial charge >= 0.3 is 12.1 Å². The highest BCUT2D eigenvalue weighted by Gasteiger charge is 2.27. The Kier molecular flexibility index (Phi) is 6.83. The Morgan fingerprint density at radius 2 is 1.84 bits per heavy atom. The van der Waals surface area contributed by atoms with Crippen molar-refractivity contribution in [3.8, 4) is 0 Å². The van der Waals surface area contributed by atoms with Crippen molar-refractivity contribution in [1.29, 1.82) is 0 Å². The van der Waals surface area contributed by atoms with E-state index in [1.54, 1.807) is 20.8 Å². The Morgan fingerprint density at radius 3 is 2.36 bits per heavy atom. The summed E-state index contributed by atoms with van der Waals surface area (Å²) >= 11 is 0. The van der Waals surface area contributed by atoms with E-state index in [0.29, 0.717) is 6.07 Å². The minimum Gasteiger partial charge on any atom is -0.477 e. The Labute approximate surface area is 143 Å². The fourth-order valence-corrected chi connectivity index (χ4v) is 1.99. The third-order valence-corrected chi connectivity index (χ3v) is 3.13. The number of amides is 1. The van der Waals surface area contributed by atoms with Gasteiger partial charge < -0.3 is 25.4 Å². The molecule has 9 heteroatoms. The number of rotatable bonds is 6. The average molecular weight is 361 g/mol. The first-order valence-electron chi connectivity index (χ1n) is 7.48. The third kappa shape index (κ3) is 5.95. The minimum absolute atomic E-state index is 0.0816. The second-order valence-corrected chi connectivity index (χ2v) is 6.36. The number of nitrogens with one attached hydrogen (secondary N) is 1. The van der Waals surface area contributed by atoms with Crippen LogP contribution in [0.25, 0.3) is 0 Å². The zero-order valence-corrected chi connectivity index (χ0v) is 14.0. The van der Waals surface area contributed by atoms with Gasteiger partial charge in [0.2, 0.25) is 0 Å². The SMILES string of the molecule is CC(C)(C)OC(=O)NCCC(O)C(O)c1ccc(F)c(C(=O)O)c1F. The van der Waals surface area contributed by atoms with Crippen LogP contribution in [0.4, 0.5) is 13.6 Å². The smallest absolute Gasteiger partial charge is 0.407 e. The lowest BCUT2D eigenvalue weighted by Crippen LogP contribution is -2.34. The summed E-state index contributed by atoms with van der Waals surface area (Å²) in [6.07, 6.45) is -4.20. The monoisotopic (exact) mass is 361 g/mol. The summed E-state index contributed by atoms with van der Waals surface area (Å²) in [5.74, 6) is -4.58. The van der Waals surface area contributed by atoms with Gasteiger partial charge in [0.1, 0.15) is 28.9 Å². The van der Waals surface area contributed by atoms with E-state index in [1.165, 1.54) is 0 Å². The average Bonchev–Trinajstić information content (AvgIpc) is 2.44. The molecule has 0 aliphatic heterocycles. The number of halogens is 2. The van der Waals surface area contributed by atoms with Gasteiger partial charge in [-0.05, 0) is 33.3 Å². The molecule has 1 aromatic rings. The summed E-state index contributed by atoms with van der Waals surface area (Å²) in [4.78, 5) is 22.3. The predicted octanol–water partition coefficient (Wildman–Crippen LogP) is 1.97. The molecular formula is C16H21F2NO6. The van der Waals surface area contributed by atoms with Crippen molar-refractivity contribution < 1.29 is 38.4 Å². The van der Waals surface area contributed by atoms with Crippen molar-refractivity contribution in [2.24, 2.45) is 0 Å². The van der Waals surface area contributed by atoms with E-state index in [0.717, 1.165) is 6.07 Å². The fraction of sp³-hybridized carbons (Fsp3) is 0.500. The number of carboxylic acid groups (broad SMARTS) is 1. The molecular weight excluding hydrogens is 340 g/mol. The van der Waals surface area contributed by atoms with Crippen molar-refractivity contribution in [2.75, 3.05) is 6.54 Å². The highest BCUT2D eigenvalue weighted by molar-refractivity contribution is 5.88. The van der Waals surface area contributed by atoms with Gasteiger partial charge in [0, 0.05) is 12.1 Å². The molecule has 140 valence electrons. The summed E-state index contributed by atoms with van der Waals surface area (Å²) in [5.41, 5.74) is -2.47. The minimum atomic E-state index is -1.83. The molecule has 0 bridgehead atoms. The quantitative estimate of drug-likeness (QED) is 0.616. The molecule has 1 amide bonds. The molecule has 1 rings (SSSR count). The van der Waals surface area contributed by atoms with Gasteiger partial charge in [-0.3, -0.25) is 0 Å². The van der Waals surface area contributed by atoms with Crippen LogP contribution in [-0.4, -0.2) is 45.6 Å². The first-order valence-corrected chi connectivity index (χ1v) is 7.48. The molecule has 0 aliphatic rings. The Morgan fingerprint density at radius 1 is 1.24 bits per heavy atom. The number of aliphatic hydroxyl groups excluding tert-OH is 2. The normalized spacial score (nSPS) is 13.9. The summed E-state index contributed by atoms with van der Waals surface area (Å²) in [6.45, 7) is 4.93. The molecule has 0 spiro atoms. The Hall–Kier alpha value is -2.26. The molecule has 0 heterocycles. The Balaban J connectivity index is 2.71. The van der Waals surface area contributed by atoms with Crippen LogP contribution in [0.15, 0.2) is 12.1 Å². The van der Waals surface area contributed by atoms with Crippen LogP contribution in [0.2, 0.25) is 0 Å². The summed E-state index contributed by atoms with van der Waals surface area (Å²) in [6, 6.07) is 1.54. The van der Waals surface area contributed by atoms with E-state index in [4.69, 9.17) is 9.84 Å². The van der Waals surface area contributed by atoms with E-state index in [1.807, 2.05) is 0 Å². The summed E-state index contributed by atoms with van der Waals surface area (Å²) in [7, 11) is 0. The first-order chi connectivity index (χ1) is 11.4. The highest BCUT2D eigenvalue weighted by Crippen LogP contribution is 2.25. The molecule has 7 nitrogen and oxygen atoms in total. The lowest BCUT2D eigenvalue weighted by Gasteiger charge is -2.21. The van der Waals surface area contributed by atoms with Crippen LogP contribution in [0.3, 0.4) is 0 Å². The number of hydrogen-bond acceptors (Lipinski definition) is 5. The summed E-state index contributed by atoms with van der Waals surface area (Å²) in [5, 5.41) is 31.0. The van der Waals surface area contributed by atoms with Gasteiger partial charge in [0.25, 0.3) is 0 Å². The molecule has 0 saturated carbocycles. The maximum atomic E-state index is 14.0. The molecule has 4 N–H and O–H groups in total. The number of carboxylic acids is 1. The maximum Gasteiger partial charge on any atom is 0.407 e. The number of carbonyl (C=O) groups is 2. The van der Waals surface area contributed by atoms with Gasteiger partial charge in [-0.25, -0.2) is 18.4 Å². The molecule has 2 atom stereocenters. The molecule has 0 aliphatic carbocycles. The Bertz CT molecular complexity index is 644. The maximum absolute atomic E-state index is 14.0. The van der Waals surface area contributed by atoms with Gasteiger partial charge in [-0.15, -0.1) is 0 Å². The molecule has 0 aromatic heterocycles. The van der Waals surface area contributed by atoms with E-state index >= 15 is 0 Å². The van der Waals surface area contributed by atoms with Crippen LogP contribution in [-0.2, 0) is 4.74 Å². The second-order valence-electron chi connectivity index (χ2n) is 6.36. The van der Waals surface area contributed by atoms with Gasteiger partial charge in [-0.2, -0.15) is 0 Å². The number of ether oxygens (including phenoxy) is 1.